The zero-order valence-corrected chi connectivity index (χ0v) is 10.9. The molecule has 0 radical (unpaired) electrons. The van der Waals surface area contributed by atoms with E-state index >= 15 is 0 Å². The summed E-state index contributed by atoms with van der Waals surface area (Å²) in [6, 6.07) is 9.65. The van der Waals surface area contributed by atoms with E-state index in [0.29, 0.717) is 12.1 Å². The van der Waals surface area contributed by atoms with Gasteiger partial charge < -0.3 is 10.4 Å². The molecule has 0 bridgehead atoms. The Morgan fingerprint density at radius 3 is 2.61 bits per heavy atom. The molecule has 2 aliphatic rings. The summed E-state index contributed by atoms with van der Waals surface area (Å²) in [5, 5.41) is 13.7. The normalized spacial score (nSPS) is 31.9. The Balaban J connectivity index is 1.62. The topological polar surface area (TPSA) is 32.3 Å². The molecule has 1 saturated carbocycles. The lowest BCUT2D eigenvalue weighted by Crippen LogP contribution is -2.48. The molecule has 2 N–H and O–H groups in total. The first-order chi connectivity index (χ1) is 8.83. The maximum absolute atomic E-state index is 10.0. The molecule has 2 nitrogen and oxygen atoms in total. The molecule has 0 heterocycles. The number of aryl methyl sites for hydroxylation is 1. The van der Waals surface area contributed by atoms with E-state index in [-0.39, 0.29) is 6.10 Å². The number of nitrogens with one attached hydrogen (secondary N) is 1. The second-order valence-corrected chi connectivity index (χ2v) is 5.83. The van der Waals surface area contributed by atoms with E-state index in [1.165, 1.54) is 36.8 Å². The van der Waals surface area contributed by atoms with Crippen molar-refractivity contribution in [3.8, 4) is 0 Å². The molecule has 1 aromatic carbocycles. The van der Waals surface area contributed by atoms with E-state index in [4.69, 9.17) is 0 Å². The first kappa shape index (κ1) is 12.2. The molecule has 1 aromatic rings. The number of rotatable bonds is 2. The maximum Gasteiger partial charge on any atom is 0.0693 e. The average Bonchev–Trinajstić information content (AvgIpc) is 2.41. The highest BCUT2D eigenvalue weighted by Crippen LogP contribution is 2.24. The Hall–Kier alpha value is -0.860. The fourth-order valence-electron chi connectivity index (χ4n) is 3.45. The molecule has 1 fully saturated rings. The lowest BCUT2D eigenvalue weighted by atomic mass is 9.86. The van der Waals surface area contributed by atoms with Crippen LogP contribution in [0.25, 0.3) is 0 Å². The molecular formula is C16H23NO. The van der Waals surface area contributed by atoms with E-state index in [1.807, 2.05) is 0 Å². The molecule has 3 unspecified atom stereocenters. The fourth-order valence-corrected chi connectivity index (χ4v) is 3.45. The third-order valence-electron chi connectivity index (χ3n) is 4.53. The van der Waals surface area contributed by atoms with Crippen LogP contribution in [0, 0.1) is 0 Å². The predicted octanol–water partition coefficient (Wildman–Crippen LogP) is 2.44. The van der Waals surface area contributed by atoms with Gasteiger partial charge in [-0.15, -0.1) is 0 Å². The highest BCUT2D eigenvalue weighted by Gasteiger charge is 2.27. The minimum absolute atomic E-state index is 0.129. The second kappa shape index (κ2) is 5.41. The number of hydrogen-bond donors (Lipinski definition) is 2. The van der Waals surface area contributed by atoms with Crippen LogP contribution in [0.4, 0.5) is 0 Å². The van der Waals surface area contributed by atoms with Gasteiger partial charge in [0.05, 0.1) is 6.10 Å². The van der Waals surface area contributed by atoms with Crippen LogP contribution in [-0.2, 0) is 12.8 Å². The molecule has 3 atom stereocenters. The molecule has 0 amide bonds. The second-order valence-electron chi connectivity index (χ2n) is 5.83. The van der Waals surface area contributed by atoms with E-state index in [2.05, 4.69) is 29.6 Å². The van der Waals surface area contributed by atoms with Crippen molar-refractivity contribution in [1.82, 2.24) is 5.32 Å². The first-order valence-electron chi connectivity index (χ1n) is 7.34. The van der Waals surface area contributed by atoms with E-state index in [1.54, 1.807) is 0 Å². The van der Waals surface area contributed by atoms with Gasteiger partial charge in [-0.1, -0.05) is 37.1 Å². The molecule has 0 saturated heterocycles. The molecule has 18 heavy (non-hydrogen) atoms. The number of hydrogen-bond acceptors (Lipinski definition) is 2. The summed E-state index contributed by atoms with van der Waals surface area (Å²) in [6.07, 6.45) is 7.94. The number of aliphatic hydroxyl groups is 1. The summed E-state index contributed by atoms with van der Waals surface area (Å²) >= 11 is 0. The molecule has 0 aromatic heterocycles. The number of aliphatic hydroxyl groups excluding tert-OH is 1. The van der Waals surface area contributed by atoms with Crippen molar-refractivity contribution in [2.45, 2.75) is 63.1 Å². The fraction of sp³-hybridized carbons (Fsp3) is 0.625. The third kappa shape index (κ3) is 2.60. The smallest absolute Gasteiger partial charge is 0.0693 e. The zero-order valence-electron chi connectivity index (χ0n) is 10.9. The Morgan fingerprint density at radius 2 is 1.78 bits per heavy atom. The molecular weight excluding hydrogens is 222 g/mol. The van der Waals surface area contributed by atoms with Crippen molar-refractivity contribution in [2.75, 3.05) is 0 Å². The zero-order chi connectivity index (χ0) is 12.4. The van der Waals surface area contributed by atoms with Gasteiger partial charge in [-0.2, -0.15) is 0 Å². The van der Waals surface area contributed by atoms with Gasteiger partial charge >= 0.3 is 0 Å². The molecule has 98 valence electrons. The standard InChI is InChI=1S/C16H23NO/c18-16-8-4-3-7-15(16)17-14-10-9-12-5-1-2-6-13(12)11-14/h1-2,5-6,14-18H,3-4,7-11H2. The summed E-state index contributed by atoms with van der Waals surface area (Å²) in [5.74, 6) is 0. The van der Waals surface area contributed by atoms with Crippen molar-refractivity contribution in [2.24, 2.45) is 0 Å². The summed E-state index contributed by atoms with van der Waals surface area (Å²) in [5.41, 5.74) is 3.01. The Bertz CT molecular complexity index is 404. The van der Waals surface area contributed by atoms with Gasteiger partial charge in [0.25, 0.3) is 0 Å². The van der Waals surface area contributed by atoms with Crippen LogP contribution < -0.4 is 5.32 Å². The van der Waals surface area contributed by atoms with Gasteiger partial charge in [0, 0.05) is 12.1 Å². The average molecular weight is 245 g/mol. The quantitative estimate of drug-likeness (QED) is 0.839. The maximum atomic E-state index is 10.0. The van der Waals surface area contributed by atoms with E-state index in [0.717, 1.165) is 19.3 Å². The lowest BCUT2D eigenvalue weighted by Gasteiger charge is -2.34. The van der Waals surface area contributed by atoms with Crippen molar-refractivity contribution in [1.29, 1.82) is 0 Å². The van der Waals surface area contributed by atoms with Gasteiger partial charge in [-0.05, 0) is 43.2 Å². The highest BCUT2D eigenvalue weighted by molar-refractivity contribution is 5.30. The van der Waals surface area contributed by atoms with Crippen LogP contribution in [0.5, 0.6) is 0 Å². The van der Waals surface area contributed by atoms with Crippen LogP contribution in [0.3, 0.4) is 0 Å². The molecule has 2 aliphatic carbocycles. The largest absolute Gasteiger partial charge is 0.392 e. The predicted molar refractivity (Wildman–Crippen MR) is 73.7 cm³/mol. The van der Waals surface area contributed by atoms with Crippen molar-refractivity contribution in [3.05, 3.63) is 35.4 Å². The van der Waals surface area contributed by atoms with Crippen LogP contribution in [0.15, 0.2) is 24.3 Å². The van der Waals surface area contributed by atoms with Crippen LogP contribution >= 0.6 is 0 Å². The Kier molecular flexibility index (Phi) is 3.67. The summed E-state index contributed by atoms with van der Waals surface area (Å²) in [4.78, 5) is 0. The minimum Gasteiger partial charge on any atom is -0.392 e. The molecule has 3 rings (SSSR count). The Morgan fingerprint density at radius 1 is 1.00 bits per heavy atom. The molecule has 2 heteroatoms. The van der Waals surface area contributed by atoms with Gasteiger partial charge in [0.1, 0.15) is 0 Å². The van der Waals surface area contributed by atoms with Crippen molar-refractivity contribution >= 4 is 0 Å². The summed E-state index contributed by atoms with van der Waals surface area (Å²) < 4.78 is 0. The van der Waals surface area contributed by atoms with E-state index in [9.17, 15) is 5.11 Å². The van der Waals surface area contributed by atoms with Gasteiger partial charge in [0.15, 0.2) is 0 Å². The van der Waals surface area contributed by atoms with Crippen molar-refractivity contribution < 1.29 is 5.11 Å². The molecule has 0 aliphatic heterocycles. The third-order valence-corrected chi connectivity index (χ3v) is 4.53. The lowest BCUT2D eigenvalue weighted by molar-refractivity contribution is 0.0837. The van der Waals surface area contributed by atoms with Crippen LogP contribution in [-0.4, -0.2) is 23.3 Å². The van der Waals surface area contributed by atoms with Crippen LogP contribution in [0.1, 0.15) is 43.2 Å². The number of fused-ring (bicyclic) bond motifs is 1. The Labute approximate surface area is 109 Å². The first-order valence-corrected chi connectivity index (χ1v) is 7.34. The van der Waals surface area contributed by atoms with Crippen LogP contribution in [0.2, 0.25) is 0 Å². The van der Waals surface area contributed by atoms with Gasteiger partial charge in [0.2, 0.25) is 0 Å². The van der Waals surface area contributed by atoms with Crippen molar-refractivity contribution in [3.63, 3.8) is 0 Å². The van der Waals surface area contributed by atoms with E-state index < -0.39 is 0 Å². The van der Waals surface area contributed by atoms with Gasteiger partial charge in [-0.3, -0.25) is 0 Å². The SMILES string of the molecule is OC1CCCCC1NC1CCc2ccccc2C1. The van der Waals surface area contributed by atoms with Gasteiger partial charge in [-0.25, -0.2) is 0 Å². The summed E-state index contributed by atoms with van der Waals surface area (Å²) in [6.45, 7) is 0. The summed E-state index contributed by atoms with van der Waals surface area (Å²) in [7, 11) is 0. The highest BCUT2D eigenvalue weighted by atomic mass is 16.3. The minimum atomic E-state index is -0.129. The molecule has 0 spiro atoms. The number of benzene rings is 1. The monoisotopic (exact) mass is 245 g/mol.